The van der Waals surface area contributed by atoms with Crippen molar-refractivity contribution < 1.29 is 39.5 Å². The molecule has 0 amide bonds. The summed E-state index contributed by atoms with van der Waals surface area (Å²) in [6, 6.07) is 10.4. The maximum absolute atomic E-state index is 13.3. The number of sulfonamides is 2. The van der Waals surface area contributed by atoms with Gasteiger partial charge in [-0.15, -0.1) is 13.2 Å². The number of alkyl halides is 3. The van der Waals surface area contributed by atoms with E-state index in [0.29, 0.717) is 0 Å². The molecule has 0 unspecified atom stereocenters. The number of hydrogen-bond donors (Lipinski definition) is 0. The second-order valence-corrected chi connectivity index (χ2v) is 11.9. The Hall–Kier alpha value is -2.19. The smallest absolute Gasteiger partial charge is 0.406 e. The van der Waals surface area contributed by atoms with Crippen LogP contribution in [-0.4, -0.2) is 63.8 Å². The van der Waals surface area contributed by atoms with Crippen molar-refractivity contribution in [1.29, 1.82) is 0 Å². The summed E-state index contributed by atoms with van der Waals surface area (Å²) in [5.74, 6) is -0.527. The Morgan fingerprint density at radius 2 is 1.38 bits per heavy atom. The summed E-state index contributed by atoms with van der Waals surface area (Å²) >= 11 is 0. The molecule has 2 aromatic carbocycles. The van der Waals surface area contributed by atoms with Crippen LogP contribution in [0.3, 0.4) is 0 Å². The van der Waals surface area contributed by atoms with Gasteiger partial charge < -0.3 is 9.47 Å². The molecule has 1 spiro atoms. The molecule has 0 radical (unpaired) electrons. The van der Waals surface area contributed by atoms with Crippen LogP contribution in [0.4, 0.5) is 13.2 Å². The molecule has 2 saturated heterocycles. The average Bonchev–Trinajstić information content (AvgIpc) is 3.17. The van der Waals surface area contributed by atoms with Gasteiger partial charge in [0.25, 0.3) is 0 Å². The van der Waals surface area contributed by atoms with Gasteiger partial charge in [0, 0.05) is 32.5 Å². The number of ether oxygens (including phenoxy) is 2. The van der Waals surface area contributed by atoms with Crippen molar-refractivity contribution >= 4 is 20.0 Å². The summed E-state index contributed by atoms with van der Waals surface area (Å²) in [6.07, 6.45) is -4.65. The van der Waals surface area contributed by atoms with E-state index < -0.39 is 37.9 Å². The highest BCUT2D eigenvalue weighted by atomic mass is 32.2. The third-order valence-corrected chi connectivity index (χ3v) is 9.80. The van der Waals surface area contributed by atoms with E-state index in [1.807, 2.05) is 6.92 Å². The van der Waals surface area contributed by atoms with Crippen molar-refractivity contribution in [2.75, 3.05) is 26.2 Å². The number of nitrogens with zero attached hydrogens (tertiary/aromatic N) is 2. The van der Waals surface area contributed by atoms with E-state index in [2.05, 4.69) is 4.74 Å². The van der Waals surface area contributed by atoms with Gasteiger partial charge in [-0.2, -0.15) is 8.61 Å². The number of hydrogen-bond acceptors (Lipinski definition) is 6. The second kappa shape index (κ2) is 8.79. The third kappa shape index (κ3) is 4.80. The van der Waals surface area contributed by atoms with Crippen LogP contribution in [0.25, 0.3) is 0 Å². The molecule has 0 N–H and O–H groups in total. The predicted molar refractivity (Wildman–Crippen MR) is 115 cm³/mol. The fourth-order valence-electron chi connectivity index (χ4n) is 4.20. The fraction of sp³-hybridized carbons (Fsp3) is 0.429. The number of benzene rings is 2. The molecule has 13 heteroatoms. The summed E-state index contributed by atoms with van der Waals surface area (Å²) in [5, 5.41) is 0. The van der Waals surface area contributed by atoms with E-state index in [4.69, 9.17) is 4.74 Å². The molecule has 0 aromatic heterocycles. The molecule has 2 fully saturated rings. The van der Waals surface area contributed by atoms with E-state index in [1.165, 1.54) is 20.7 Å². The molecular formula is C21H23F3N2O6S2. The normalized spacial score (nSPS) is 20.0. The van der Waals surface area contributed by atoms with E-state index in [-0.39, 0.29) is 48.9 Å². The number of piperidine rings is 1. The highest BCUT2D eigenvalue weighted by molar-refractivity contribution is 7.89. The van der Waals surface area contributed by atoms with Crippen LogP contribution < -0.4 is 4.74 Å². The molecule has 0 bridgehead atoms. The third-order valence-electron chi connectivity index (χ3n) is 5.93. The van der Waals surface area contributed by atoms with E-state index >= 15 is 0 Å². The van der Waals surface area contributed by atoms with Crippen molar-refractivity contribution in [3.8, 4) is 5.75 Å². The minimum atomic E-state index is -4.88. The Labute approximate surface area is 196 Å². The van der Waals surface area contributed by atoms with E-state index in [0.717, 1.165) is 29.8 Å². The van der Waals surface area contributed by atoms with Crippen molar-refractivity contribution in [3.05, 3.63) is 54.1 Å². The van der Waals surface area contributed by atoms with Gasteiger partial charge in [0.15, 0.2) is 0 Å². The summed E-state index contributed by atoms with van der Waals surface area (Å²) in [4.78, 5) is -0.0476. The first-order chi connectivity index (χ1) is 15.8. The fourth-order valence-corrected chi connectivity index (χ4v) is 7.37. The van der Waals surface area contributed by atoms with Crippen molar-refractivity contribution in [2.24, 2.45) is 0 Å². The first kappa shape index (κ1) is 24.9. The Kier molecular flexibility index (Phi) is 6.44. The molecule has 2 aliphatic heterocycles. The zero-order valence-electron chi connectivity index (χ0n) is 18.2. The highest BCUT2D eigenvalue weighted by Gasteiger charge is 2.51. The Bertz CT molecular complexity index is 1240. The molecule has 0 aliphatic carbocycles. The SMILES string of the molecule is Cc1ccc(S(=O)(=O)N2CCOC23CCN(S(=O)(=O)c2ccc(OC(F)(F)F)cc2)CC3)cc1. The second-order valence-electron chi connectivity index (χ2n) is 8.11. The Balaban J connectivity index is 1.50. The average molecular weight is 521 g/mol. The van der Waals surface area contributed by atoms with Gasteiger partial charge >= 0.3 is 6.36 Å². The summed E-state index contributed by atoms with van der Waals surface area (Å²) in [6.45, 7) is 2.18. The largest absolute Gasteiger partial charge is 0.573 e. The van der Waals surface area contributed by atoms with Gasteiger partial charge in [0.2, 0.25) is 20.0 Å². The topological polar surface area (TPSA) is 93.2 Å². The Morgan fingerprint density at radius 3 is 1.94 bits per heavy atom. The molecule has 2 aliphatic rings. The van der Waals surface area contributed by atoms with Crippen LogP contribution in [0.5, 0.6) is 5.75 Å². The monoisotopic (exact) mass is 520 g/mol. The molecule has 34 heavy (non-hydrogen) atoms. The summed E-state index contributed by atoms with van der Waals surface area (Å²) in [5.41, 5.74) is -0.233. The zero-order chi connectivity index (χ0) is 24.8. The predicted octanol–water partition coefficient (Wildman–Crippen LogP) is 3.10. The van der Waals surface area contributed by atoms with Gasteiger partial charge in [0.05, 0.1) is 16.4 Å². The van der Waals surface area contributed by atoms with Crippen molar-refractivity contribution in [3.63, 3.8) is 0 Å². The van der Waals surface area contributed by atoms with Gasteiger partial charge in [0.1, 0.15) is 11.5 Å². The van der Waals surface area contributed by atoms with Crippen LogP contribution in [0.15, 0.2) is 58.3 Å². The minimum absolute atomic E-state index is 0.0109. The van der Waals surface area contributed by atoms with E-state index in [1.54, 1.807) is 12.1 Å². The summed E-state index contributed by atoms with van der Waals surface area (Å²) < 4.78 is 102. The number of rotatable bonds is 5. The first-order valence-electron chi connectivity index (χ1n) is 10.4. The molecule has 4 rings (SSSR count). The van der Waals surface area contributed by atoms with Crippen LogP contribution in [-0.2, 0) is 24.8 Å². The molecule has 2 aromatic rings. The molecular weight excluding hydrogens is 497 g/mol. The number of aryl methyl sites for hydroxylation is 1. The minimum Gasteiger partial charge on any atom is -0.406 e. The Morgan fingerprint density at radius 1 is 0.853 bits per heavy atom. The quantitative estimate of drug-likeness (QED) is 0.602. The highest BCUT2D eigenvalue weighted by Crippen LogP contribution is 2.39. The van der Waals surface area contributed by atoms with Crippen molar-refractivity contribution in [2.45, 2.75) is 41.6 Å². The van der Waals surface area contributed by atoms with Gasteiger partial charge in [-0.3, -0.25) is 0 Å². The van der Waals surface area contributed by atoms with Gasteiger partial charge in [-0.1, -0.05) is 17.7 Å². The van der Waals surface area contributed by atoms with Crippen LogP contribution >= 0.6 is 0 Å². The summed E-state index contributed by atoms with van der Waals surface area (Å²) in [7, 11) is -7.86. The van der Waals surface area contributed by atoms with Crippen LogP contribution in [0.2, 0.25) is 0 Å². The lowest BCUT2D eigenvalue weighted by Gasteiger charge is -2.42. The maximum atomic E-state index is 13.3. The zero-order valence-corrected chi connectivity index (χ0v) is 19.8. The molecule has 0 atom stereocenters. The first-order valence-corrected chi connectivity index (χ1v) is 13.3. The molecule has 8 nitrogen and oxygen atoms in total. The lowest BCUT2D eigenvalue weighted by atomic mass is 10.0. The molecule has 186 valence electrons. The lowest BCUT2D eigenvalue weighted by molar-refractivity contribution is -0.274. The van der Waals surface area contributed by atoms with Gasteiger partial charge in [-0.25, -0.2) is 16.8 Å². The van der Waals surface area contributed by atoms with Gasteiger partial charge in [-0.05, 0) is 43.3 Å². The van der Waals surface area contributed by atoms with Crippen molar-refractivity contribution in [1.82, 2.24) is 8.61 Å². The maximum Gasteiger partial charge on any atom is 0.573 e. The number of halogens is 3. The lowest BCUT2D eigenvalue weighted by Crippen LogP contribution is -2.55. The molecule has 2 heterocycles. The van der Waals surface area contributed by atoms with E-state index in [9.17, 15) is 30.0 Å². The molecule has 0 saturated carbocycles. The van der Waals surface area contributed by atoms with Crippen LogP contribution in [0.1, 0.15) is 18.4 Å². The van der Waals surface area contributed by atoms with Crippen LogP contribution in [0, 0.1) is 6.92 Å². The standard InChI is InChI=1S/C21H23F3N2O6S2/c1-16-2-6-19(7-3-16)34(29,30)26-14-15-31-20(26)10-12-25(13-11-20)33(27,28)18-8-4-17(5-9-18)32-21(22,23)24/h2-9H,10-15H2,1H3.